The van der Waals surface area contributed by atoms with Crippen molar-refractivity contribution in [3.05, 3.63) is 30.3 Å². The van der Waals surface area contributed by atoms with Crippen LogP contribution in [0.15, 0.2) is 35.2 Å². The third kappa shape index (κ3) is 1.21. The molecule has 0 saturated heterocycles. The molecule has 66 valence electrons. The number of phenolic OH excluding ortho intramolecular Hbond substituents is 1. The van der Waals surface area contributed by atoms with Crippen LogP contribution in [-0.2, 0) is 0 Å². The minimum absolute atomic E-state index is 0.188. The van der Waals surface area contributed by atoms with E-state index in [1.165, 1.54) is 0 Å². The predicted octanol–water partition coefficient (Wildman–Crippen LogP) is 2.42. The van der Waals surface area contributed by atoms with Gasteiger partial charge in [-0.05, 0) is 6.07 Å². The highest BCUT2D eigenvalue weighted by atomic mass is 32.1. The van der Waals surface area contributed by atoms with E-state index in [0.29, 0.717) is 10.6 Å². The number of hydrogen-bond donors (Lipinski definition) is 3. The highest BCUT2D eigenvalue weighted by molar-refractivity contribution is 7.80. The first kappa shape index (κ1) is 8.26. The summed E-state index contributed by atoms with van der Waals surface area (Å²) in [6, 6.07) is 9.09. The van der Waals surface area contributed by atoms with Crippen molar-refractivity contribution < 1.29 is 5.11 Å². The van der Waals surface area contributed by atoms with Crippen LogP contribution in [0.2, 0.25) is 0 Å². The summed E-state index contributed by atoms with van der Waals surface area (Å²) in [6.45, 7) is 0. The Morgan fingerprint density at radius 3 is 2.46 bits per heavy atom. The van der Waals surface area contributed by atoms with Crippen LogP contribution in [0.1, 0.15) is 0 Å². The van der Waals surface area contributed by atoms with E-state index in [4.69, 9.17) is 5.73 Å². The van der Waals surface area contributed by atoms with Crippen molar-refractivity contribution in [3.8, 4) is 5.75 Å². The quantitative estimate of drug-likeness (QED) is 0.340. The SMILES string of the molecule is Nc1cc(S)c(O)c2ccccc12. The van der Waals surface area contributed by atoms with Gasteiger partial charge in [0.2, 0.25) is 0 Å². The third-order valence-corrected chi connectivity index (χ3v) is 2.37. The van der Waals surface area contributed by atoms with E-state index in [9.17, 15) is 5.11 Å². The molecule has 0 bridgehead atoms. The Balaban J connectivity index is 2.97. The molecule has 0 fully saturated rings. The molecule has 2 aromatic rings. The number of anilines is 1. The zero-order chi connectivity index (χ0) is 9.42. The van der Waals surface area contributed by atoms with Crippen LogP contribution in [0.5, 0.6) is 5.75 Å². The lowest BCUT2D eigenvalue weighted by Crippen LogP contribution is -1.87. The van der Waals surface area contributed by atoms with Gasteiger partial charge >= 0.3 is 0 Å². The smallest absolute Gasteiger partial charge is 0.136 e. The number of nitrogens with two attached hydrogens (primary N) is 1. The predicted molar refractivity (Wildman–Crippen MR) is 57.3 cm³/mol. The molecule has 0 amide bonds. The average molecular weight is 191 g/mol. The summed E-state index contributed by atoms with van der Waals surface area (Å²) in [4.78, 5) is 0.510. The molecule has 0 aliphatic carbocycles. The molecule has 0 unspecified atom stereocenters. The fourth-order valence-electron chi connectivity index (χ4n) is 1.37. The summed E-state index contributed by atoms with van der Waals surface area (Å²) < 4.78 is 0. The summed E-state index contributed by atoms with van der Waals surface area (Å²) in [5.74, 6) is 0.188. The first-order chi connectivity index (χ1) is 6.20. The number of benzene rings is 2. The lowest BCUT2D eigenvalue weighted by atomic mass is 10.1. The van der Waals surface area contributed by atoms with Gasteiger partial charge in [-0.2, -0.15) is 0 Å². The number of hydrogen-bond acceptors (Lipinski definition) is 3. The van der Waals surface area contributed by atoms with Gasteiger partial charge in [0.1, 0.15) is 5.75 Å². The zero-order valence-corrected chi connectivity index (χ0v) is 7.75. The van der Waals surface area contributed by atoms with Crippen molar-refractivity contribution in [2.75, 3.05) is 5.73 Å². The summed E-state index contributed by atoms with van der Waals surface area (Å²) in [6.07, 6.45) is 0. The molecular weight excluding hydrogens is 182 g/mol. The molecule has 3 heteroatoms. The van der Waals surface area contributed by atoms with Crippen LogP contribution in [0.3, 0.4) is 0 Å². The van der Waals surface area contributed by atoms with Gasteiger partial charge in [-0.25, -0.2) is 0 Å². The molecule has 0 spiro atoms. The van der Waals surface area contributed by atoms with Crippen molar-refractivity contribution in [1.82, 2.24) is 0 Å². The molecular formula is C10H9NOS. The lowest BCUT2D eigenvalue weighted by Gasteiger charge is -2.06. The van der Waals surface area contributed by atoms with E-state index >= 15 is 0 Å². The second kappa shape index (κ2) is 2.85. The molecule has 0 saturated carbocycles. The Labute approximate surface area is 81.4 Å². The number of aromatic hydroxyl groups is 1. The summed E-state index contributed by atoms with van der Waals surface area (Å²) in [7, 11) is 0. The van der Waals surface area contributed by atoms with Crippen LogP contribution >= 0.6 is 12.6 Å². The maximum Gasteiger partial charge on any atom is 0.136 e. The monoisotopic (exact) mass is 191 g/mol. The molecule has 0 aliphatic rings. The zero-order valence-electron chi connectivity index (χ0n) is 6.86. The Bertz CT molecular complexity index is 468. The number of thiol groups is 1. The van der Waals surface area contributed by atoms with Gasteiger partial charge in [0.25, 0.3) is 0 Å². The molecule has 2 rings (SSSR count). The normalized spacial score (nSPS) is 10.5. The van der Waals surface area contributed by atoms with E-state index < -0.39 is 0 Å². The maximum absolute atomic E-state index is 9.65. The highest BCUT2D eigenvalue weighted by Crippen LogP contribution is 2.34. The summed E-state index contributed by atoms with van der Waals surface area (Å²) in [5.41, 5.74) is 6.40. The van der Waals surface area contributed by atoms with E-state index in [-0.39, 0.29) is 5.75 Å². The van der Waals surface area contributed by atoms with Gasteiger partial charge in [-0.3, -0.25) is 0 Å². The van der Waals surface area contributed by atoms with Crippen molar-refractivity contribution in [2.24, 2.45) is 0 Å². The minimum Gasteiger partial charge on any atom is -0.506 e. The second-order valence-corrected chi connectivity index (χ2v) is 3.36. The molecule has 2 aromatic carbocycles. The van der Waals surface area contributed by atoms with Crippen molar-refractivity contribution in [1.29, 1.82) is 0 Å². The van der Waals surface area contributed by atoms with Crippen LogP contribution < -0.4 is 5.73 Å². The van der Waals surface area contributed by atoms with Crippen LogP contribution in [0.25, 0.3) is 10.8 Å². The fraction of sp³-hybridized carbons (Fsp3) is 0. The maximum atomic E-state index is 9.65. The van der Waals surface area contributed by atoms with Crippen LogP contribution in [0, 0.1) is 0 Å². The number of nitrogen functional groups attached to an aromatic ring is 1. The number of phenols is 1. The second-order valence-electron chi connectivity index (χ2n) is 2.88. The van der Waals surface area contributed by atoms with Gasteiger partial charge in [0, 0.05) is 21.4 Å². The van der Waals surface area contributed by atoms with Crippen molar-refractivity contribution in [3.63, 3.8) is 0 Å². The molecule has 0 heterocycles. The van der Waals surface area contributed by atoms with Gasteiger partial charge in [-0.15, -0.1) is 12.6 Å². The Morgan fingerprint density at radius 1 is 1.15 bits per heavy atom. The molecule has 2 nitrogen and oxygen atoms in total. The largest absolute Gasteiger partial charge is 0.506 e. The molecule has 0 radical (unpaired) electrons. The van der Waals surface area contributed by atoms with Gasteiger partial charge in [-0.1, -0.05) is 24.3 Å². The Morgan fingerprint density at radius 2 is 1.77 bits per heavy atom. The highest BCUT2D eigenvalue weighted by Gasteiger charge is 2.05. The molecule has 13 heavy (non-hydrogen) atoms. The molecule has 0 atom stereocenters. The summed E-state index contributed by atoms with van der Waals surface area (Å²) in [5, 5.41) is 11.3. The first-order valence-corrected chi connectivity index (χ1v) is 4.34. The molecule has 3 N–H and O–H groups in total. The van der Waals surface area contributed by atoms with E-state index in [1.807, 2.05) is 24.3 Å². The first-order valence-electron chi connectivity index (χ1n) is 3.89. The lowest BCUT2D eigenvalue weighted by molar-refractivity contribution is 0.469. The molecule has 0 aromatic heterocycles. The number of rotatable bonds is 0. The van der Waals surface area contributed by atoms with Gasteiger partial charge < -0.3 is 10.8 Å². The van der Waals surface area contributed by atoms with Gasteiger partial charge in [0.05, 0.1) is 0 Å². The number of fused-ring (bicyclic) bond motifs is 1. The van der Waals surface area contributed by atoms with Gasteiger partial charge in [0.15, 0.2) is 0 Å². The van der Waals surface area contributed by atoms with Crippen molar-refractivity contribution >= 4 is 29.1 Å². The van der Waals surface area contributed by atoms with E-state index in [2.05, 4.69) is 12.6 Å². The summed E-state index contributed by atoms with van der Waals surface area (Å²) >= 11 is 4.11. The van der Waals surface area contributed by atoms with E-state index in [1.54, 1.807) is 6.07 Å². The Kier molecular flexibility index (Phi) is 1.81. The topological polar surface area (TPSA) is 46.2 Å². The Hall–Kier alpha value is -1.35. The molecule has 0 aliphatic heterocycles. The van der Waals surface area contributed by atoms with Crippen molar-refractivity contribution in [2.45, 2.75) is 4.90 Å². The minimum atomic E-state index is 0.188. The van der Waals surface area contributed by atoms with Crippen LogP contribution in [0.4, 0.5) is 5.69 Å². The third-order valence-electron chi connectivity index (χ3n) is 2.03. The average Bonchev–Trinajstić information content (AvgIpc) is 2.15. The van der Waals surface area contributed by atoms with Crippen LogP contribution in [-0.4, -0.2) is 5.11 Å². The fourth-order valence-corrected chi connectivity index (χ4v) is 1.63. The standard InChI is InChI=1S/C10H9NOS/c11-8-5-9(13)10(12)7-4-2-1-3-6(7)8/h1-5,12-13H,11H2. The van der Waals surface area contributed by atoms with E-state index in [0.717, 1.165) is 10.8 Å².